The van der Waals surface area contributed by atoms with E-state index in [2.05, 4.69) is 10.2 Å². The second-order valence-corrected chi connectivity index (χ2v) is 6.29. The van der Waals surface area contributed by atoms with Crippen LogP contribution in [0.4, 0.5) is 0 Å². The number of nitrogens with zero attached hydrogens (tertiary/aromatic N) is 4. The molecule has 0 N–H and O–H groups in total. The van der Waals surface area contributed by atoms with E-state index in [1.165, 1.54) is 23.9 Å². The highest BCUT2D eigenvalue weighted by atomic mass is 16.6. The molecule has 142 valence electrons. The Morgan fingerprint density at radius 1 is 0.714 bits per heavy atom. The van der Waals surface area contributed by atoms with Crippen LogP contribution in [0.2, 0.25) is 0 Å². The fourth-order valence-corrected chi connectivity index (χ4v) is 2.96. The molecule has 0 spiro atoms. The molecule has 2 aliphatic heterocycles. The van der Waals surface area contributed by atoms with E-state index in [0.29, 0.717) is 11.1 Å². The molecule has 4 rings (SSSR count). The predicted molar refractivity (Wildman–Crippen MR) is 101 cm³/mol. The van der Waals surface area contributed by atoms with Crippen LogP contribution in [0.15, 0.2) is 70.9 Å². The fraction of sp³-hybridized carbons (Fsp3) is 0.200. The monoisotopic (exact) mass is 378 g/mol. The minimum Gasteiger partial charge on any atom is -0.444 e. The highest BCUT2D eigenvalue weighted by Crippen LogP contribution is 2.28. The molecule has 0 bridgehead atoms. The average Bonchev–Trinajstić information content (AvgIpc) is 3.34. The quantitative estimate of drug-likeness (QED) is 0.819. The minimum atomic E-state index is -0.957. The third-order valence-electron chi connectivity index (χ3n) is 4.27. The largest absolute Gasteiger partial charge is 0.444 e. The maximum absolute atomic E-state index is 12.2. The second kappa shape index (κ2) is 7.15. The Balaban J connectivity index is 1.64. The summed E-state index contributed by atoms with van der Waals surface area (Å²) in [6, 6.07) is 18.4. The lowest BCUT2D eigenvalue weighted by atomic mass is 10.2. The smallest absolute Gasteiger partial charge is 0.254 e. The highest BCUT2D eigenvalue weighted by molar-refractivity contribution is 5.97. The molecule has 2 unspecified atom stereocenters. The molecule has 0 saturated heterocycles. The first-order valence-electron chi connectivity index (χ1n) is 8.75. The molecule has 28 heavy (non-hydrogen) atoms. The number of carbonyl (C=O) groups excluding carboxylic acids is 2. The van der Waals surface area contributed by atoms with Gasteiger partial charge in [0, 0.05) is 25.0 Å². The van der Waals surface area contributed by atoms with Crippen molar-refractivity contribution in [1.29, 1.82) is 0 Å². The molecular weight excluding hydrogens is 360 g/mol. The van der Waals surface area contributed by atoms with Gasteiger partial charge in [-0.3, -0.25) is 9.59 Å². The number of ether oxygens (including phenoxy) is 2. The Labute approximate surface area is 161 Å². The molecule has 2 heterocycles. The highest BCUT2D eigenvalue weighted by Gasteiger charge is 2.47. The number of hydrazone groups is 2. The molecule has 0 aromatic heterocycles. The first kappa shape index (κ1) is 17.7. The Hall–Kier alpha value is -3.68. The Morgan fingerprint density at radius 3 is 1.39 bits per heavy atom. The topological polar surface area (TPSA) is 83.8 Å². The normalized spacial score (nSPS) is 20.9. The van der Waals surface area contributed by atoms with Gasteiger partial charge in [-0.05, 0) is 24.3 Å². The van der Waals surface area contributed by atoms with Crippen molar-refractivity contribution in [2.45, 2.75) is 26.3 Å². The molecular formula is C20H18N4O4. The van der Waals surface area contributed by atoms with Gasteiger partial charge in [0.15, 0.2) is 0 Å². The zero-order valence-corrected chi connectivity index (χ0v) is 15.4. The predicted octanol–water partition coefficient (Wildman–Crippen LogP) is 2.12. The summed E-state index contributed by atoms with van der Waals surface area (Å²) in [5, 5.41) is 10.9. The van der Waals surface area contributed by atoms with Crippen molar-refractivity contribution in [3.05, 3.63) is 71.8 Å². The molecule has 0 radical (unpaired) electrons. The van der Waals surface area contributed by atoms with Crippen LogP contribution in [0.3, 0.4) is 0 Å². The summed E-state index contributed by atoms with van der Waals surface area (Å²) in [6.45, 7) is 2.75. The van der Waals surface area contributed by atoms with Crippen molar-refractivity contribution >= 4 is 23.6 Å². The number of rotatable bonds is 3. The van der Waals surface area contributed by atoms with Crippen molar-refractivity contribution in [3.8, 4) is 0 Å². The van der Waals surface area contributed by atoms with E-state index in [-0.39, 0.29) is 23.6 Å². The van der Waals surface area contributed by atoms with Gasteiger partial charge >= 0.3 is 0 Å². The summed E-state index contributed by atoms with van der Waals surface area (Å²) < 4.78 is 11.9. The van der Waals surface area contributed by atoms with Crippen LogP contribution < -0.4 is 0 Å². The van der Waals surface area contributed by atoms with Crippen LogP contribution in [-0.4, -0.2) is 46.1 Å². The third-order valence-corrected chi connectivity index (χ3v) is 4.27. The molecule has 2 amide bonds. The number of amides is 2. The van der Waals surface area contributed by atoms with Crippen molar-refractivity contribution in [2.24, 2.45) is 10.2 Å². The number of hydrogen-bond acceptors (Lipinski definition) is 6. The van der Waals surface area contributed by atoms with Gasteiger partial charge < -0.3 is 9.47 Å². The first-order valence-corrected chi connectivity index (χ1v) is 8.75. The lowest BCUT2D eigenvalue weighted by molar-refractivity contribution is -0.158. The van der Waals surface area contributed by atoms with E-state index >= 15 is 0 Å². The summed E-state index contributed by atoms with van der Waals surface area (Å²) in [5.74, 6) is -0.116. The van der Waals surface area contributed by atoms with Crippen molar-refractivity contribution in [3.63, 3.8) is 0 Å². The average molecular weight is 378 g/mol. The van der Waals surface area contributed by atoms with Crippen LogP contribution >= 0.6 is 0 Å². The first-order chi connectivity index (χ1) is 13.5. The maximum atomic E-state index is 12.2. The van der Waals surface area contributed by atoms with Gasteiger partial charge in [0.25, 0.3) is 12.5 Å². The number of hydrogen-bond donors (Lipinski definition) is 0. The summed E-state index contributed by atoms with van der Waals surface area (Å²) >= 11 is 0. The molecule has 2 aromatic carbocycles. The SMILES string of the molecule is CC(=O)N1N=C(c2ccccc2)OC1C1OC(c2ccccc2)=NN1C(C)=O. The van der Waals surface area contributed by atoms with E-state index < -0.39 is 12.5 Å². The van der Waals surface area contributed by atoms with Crippen LogP contribution in [0.1, 0.15) is 25.0 Å². The molecule has 8 nitrogen and oxygen atoms in total. The van der Waals surface area contributed by atoms with Gasteiger partial charge in [0.1, 0.15) is 0 Å². The second-order valence-electron chi connectivity index (χ2n) is 6.29. The van der Waals surface area contributed by atoms with Crippen LogP contribution in [0.25, 0.3) is 0 Å². The standard InChI is InChI=1S/C20H18N4O4/c1-13(25)23-19(27-17(21-23)15-9-5-3-6-10-15)20-24(14(2)26)22-18(28-20)16-11-7-4-8-12-16/h3-12,19-20H,1-2H3. The van der Waals surface area contributed by atoms with Gasteiger partial charge in [0.05, 0.1) is 0 Å². The van der Waals surface area contributed by atoms with E-state index in [1.807, 2.05) is 60.7 Å². The lowest BCUT2D eigenvalue weighted by Gasteiger charge is -2.27. The zero-order chi connectivity index (χ0) is 19.7. The van der Waals surface area contributed by atoms with Gasteiger partial charge in [-0.15, -0.1) is 10.2 Å². The summed E-state index contributed by atoms with van der Waals surface area (Å²) in [4.78, 5) is 24.3. The fourth-order valence-electron chi connectivity index (χ4n) is 2.96. The summed E-state index contributed by atoms with van der Waals surface area (Å²) in [5.41, 5.74) is 1.43. The molecule has 2 aliphatic rings. The Bertz CT molecular complexity index is 879. The maximum Gasteiger partial charge on any atom is 0.254 e. The molecule has 8 heteroatoms. The lowest BCUT2D eigenvalue weighted by Crippen LogP contribution is -2.49. The van der Waals surface area contributed by atoms with Crippen LogP contribution in [-0.2, 0) is 19.1 Å². The molecule has 2 atom stereocenters. The third kappa shape index (κ3) is 3.20. The summed E-state index contributed by atoms with van der Waals surface area (Å²) in [7, 11) is 0. The van der Waals surface area contributed by atoms with Gasteiger partial charge in [-0.1, -0.05) is 36.4 Å². The van der Waals surface area contributed by atoms with E-state index in [9.17, 15) is 9.59 Å². The number of benzene rings is 2. The van der Waals surface area contributed by atoms with Gasteiger partial charge in [-0.25, -0.2) is 0 Å². The van der Waals surface area contributed by atoms with E-state index in [1.54, 1.807) is 0 Å². The van der Waals surface area contributed by atoms with Crippen molar-refractivity contribution < 1.29 is 19.1 Å². The minimum absolute atomic E-state index is 0.279. The number of carbonyl (C=O) groups is 2. The van der Waals surface area contributed by atoms with Gasteiger partial charge in [0.2, 0.25) is 23.6 Å². The molecule has 0 saturated carbocycles. The zero-order valence-electron chi connectivity index (χ0n) is 15.4. The summed E-state index contributed by atoms with van der Waals surface area (Å²) in [6.07, 6.45) is -1.91. The van der Waals surface area contributed by atoms with E-state index in [0.717, 1.165) is 0 Å². The van der Waals surface area contributed by atoms with Gasteiger partial charge in [-0.2, -0.15) is 10.0 Å². The Kier molecular flexibility index (Phi) is 4.52. The molecule has 0 aliphatic carbocycles. The van der Waals surface area contributed by atoms with Crippen molar-refractivity contribution in [1.82, 2.24) is 10.0 Å². The molecule has 0 fully saturated rings. The van der Waals surface area contributed by atoms with Crippen LogP contribution in [0, 0.1) is 0 Å². The van der Waals surface area contributed by atoms with E-state index in [4.69, 9.17) is 9.47 Å². The molecule has 2 aromatic rings. The van der Waals surface area contributed by atoms with Crippen LogP contribution in [0.5, 0.6) is 0 Å². The Morgan fingerprint density at radius 2 is 1.07 bits per heavy atom. The van der Waals surface area contributed by atoms with Crippen molar-refractivity contribution in [2.75, 3.05) is 0 Å².